The number of aromatic nitrogens is 4. The SMILES string of the molecule is CN.Cc1ccc(C=O)c(NCc2cnc[nH]2)c1.Cc1ccccc1-c1c(C)cccc1-c1nc2c([nH]1)CCC(F)=C2. The van der Waals surface area contributed by atoms with Gasteiger partial charge in [-0.1, -0.05) is 48.5 Å². The largest absolute Gasteiger partial charge is 0.379 e. The number of aromatic amines is 2. The van der Waals surface area contributed by atoms with E-state index in [1.165, 1.54) is 29.3 Å². The number of H-pyrrole nitrogens is 2. The van der Waals surface area contributed by atoms with Gasteiger partial charge in [-0.2, -0.15) is 0 Å². The maximum atomic E-state index is 13.5. The van der Waals surface area contributed by atoms with Gasteiger partial charge in [0.05, 0.1) is 24.3 Å². The van der Waals surface area contributed by atoms with Crippen LogP contribution in [0.5, 0.6) is 0 Å². The average Bonchev–Trinajstić information content (AvgIpc) is 3.68. The predicted octanol–water partition coefficient (Wildman–Crippen LogP) is 7.33. The lowest BCUT2D eigenvalue weighted by molar-refractivity contribution is 0.112. The molecule has 5 N–H and O–H groups in total. The lowest BCUT2D eigenvalue weighted by atomic mass is 9.92. The third-order valence-electron chi connectivity index (χ3n) is 7.02. The zero-order valence-electron chi connectivity index (χ0n) is 24.5. The van der Waals surface area contributed by atoms with E-state index in [4.69, 9.17) is 0 Å². The minimum absolute atomic E-state index is 0.0936. The Hall–Kier alpha value is -4.82. The van der Waals surface area contributed by atoms with Gasteiger partial charge in [0, 0.05) is 35.1 Å². The van der Waals surface area contributed by atoms with E-state index in [0.717, 1.165) is 46.0 Å². The van der Waals surface area contributed by atoms with Gasteiger partial charge < -0.3 is 21.0 Å². The van der Waals surface area contributed by atoms with E-state index in [-0.39, 0.29) is 5.83 Å². The first kappa shape index (κ1) is 30.1. The fraction of sp³-hybridized carbons (Fsp3) is 0.206. The number of hydrogen-bond donors (Lipinski definition) is 4. The summed E-state index contributed by atoms with van der Waals surface area (Å²) in [7, 11) is 1.50. The molecular weight excluding hydrogens is 527 g/mol. The Morgan fingerprint density at radius 1 is 0.976 bits per heavy atom. The number of hydrogen-bond acceptors (Lipinski definition) is 5. The Kier molecular flexibility index (Phi) is 10.2. The quantitative estimate of drug-likeness (QED) is 0.161. The van der Waals surface area contributed by atoms with Crippen molar-refractivity contribution in [3.63, 3.8) is 0 Å². The van der Waals surface area contributed by atoms with Gasteiger partial charge in [0.25, 0.3) is 0 Å². The fourth-order valence-corrected chi connectivity index (χ4v) is 4.90. The summed E-state index contributed by atoms with van der Waals surface area (Å²) < 4.78 is 13.5. The number of rotatable bonds is 6. The van der Waals surface area contributed by atoms with Crippen molar-refractivity contribution in [1.29, 1.82) is 0 Å². The average molecular weight is 565 g/mol. The molecule has 0 atom stereocenters. The van der Waals surface area contributed by atoms with E-state index < -0.39 is 0 Å². The van der Waals surface area contributed by atoms with Crippen LogP contribution in [0.1, 0.15) is 50.6 Å². The van der Waals surface area contributed by atoms with Crippen LogP contribution in [0.4, 0.5) is 10.1 Å². The molecule has 216 valence electrons. The third-order valence-corrected chi connectivity index (χ3v) is 7.02. The molecule has 1 aliphatic carbocycles. The first-order valence-corrected chi connectivity index (χ1v) is 13.9. The zero-order valence-corrected chi connectivity index (χ0v) is 24.5. The molecule has 0 spiro atoms. The van der Waals surface area contributed by atoms with Crippen LogP contribution >= 0.6 is 0 Å². The number of nitrogens with one attached hydrogen (secondary N) is 3. The normalized spacial score (nSPS) is 11.7. The van der Waals surface area contributed by atoms with Crippen LogP contribution < -0.4 is 11.1 Å². The molecule has 0 amide bonds. The van der Waals surface area contributed by atoms with Crippen LogP contribution in [0.2, 0.25) is 0 Å². The summed E-state index contributed by atoms with van der Waals surface area (Å²) in [6, 6.07) is 20.3. The molecule has 0 bridgehead atoms. The summed E-state index contributed by atoms with van der Waals surface area (Å²) in [5, 5.41) is 3.20. The molecule has 3 aromatic carbocycles. The van der Waals surface area contributed by atoms with Crippen molar-refractivity contribution in [2.45, 2.75) is 40.2 Å². The number of aldehydes is 1. The number of nitrogens with two attached hydrogens (primary N) is 1. The van der Waals surface area contributed by atoms with Crippen molar-refractivity contribution in [2.24, 2.45) is 5.73 Å². The van der Waals surface area contributed by atoms with Crippen LogP contribution in [0.15, 0.2) is 79.0 Å². The summed E-state index contributed by atoms with van der Waals surface area (Å²) >= 11 is 0. The summed E-state index contributed by atoms with van der Waals surface area (Å²) in [6.45, 7) is 6.87. The second-order valence-electron chi connectivity index (χ2n) is 9.99. The molecule has 0 radical (unpaired) electrons. The number of fused-ring (bicyclic) bond motifs is 1. The topological polar surface area (TPSA) is 112 Å². The van der Waals surface area contributed by atoms with Gasteiger partial charge in [-0.05, 0) is 80.3 Å². The molecule has 5 aromatic rings. The second-order valence-corrected chi connectivity index (χ2v) is 9.99. The number of aryl methyl sites for hydroxylation is 4. The van der Waals surface area contributed by atoms with E-state index in [9.17, 15) is 9.18 Å². The molecule has 2 heterocycles. The number of carbonyl (C=O) groups excluding carboxylic acids is 1. The van der Waals surface area contributed by atoms with Crippen molar-refractivity contribution in [1.82, 2.24) is 19.9 Å². The van der Waals surface area contributed by atoms with Gasteiger partial charge in [0.15, 0.2) is 6.29 Å². The Bertz CT molecular complexity index is 1670. The standard InChI is InChI=1S/C21H19FN2.C12H13N3O.CH5N/c1-13-6-3-4-8-16(13)20-14(2)7-5-9-17(20)21-23-18-11-10-15(22)12-19(18)24-21;1-9-2-3-10(7-16)12(4-9)14-6-11-5-13-8-15-11;1-2/h3-9,12H,10-11H2,1-2H3,(H,23,24);2-5,7-8,14H,6H2,1H3,(H,13,15);2H2,1H3. The van der Waals surface area contributed by atoms with E-state index in [2.05, 4.69) is 81.2 Å². The molecule has 1 aliphatic rings. The number of carbonyl (C=O) groups is 1. The highest BCUT2D eigenvalue weighted by Gasteiger charge is 2.19. The number of benzene rings is 3. The van der Waals surface area contributed by atoms with Crippen molar-refractivity contribution >= 4 is 18.0 Å². The maximum Gasteiger partial charge on any atom is 0.152 e. The smallest absolute Gasteiger partial charge is 0.152 e. The van der Waals surface area contributed by atoms with Crippen molar-refractivity contribution in [3.05, 3.63) is 118 Å². The molecular formula is C34H37FN6O. The summed E-state index contributed by atoms with van der Waals surface area (Å²) in [4.78, 5) is 25.8. The molecule has 6 rings (SSSR count). The van der Waals surface area contributed by atoms with E-state index in [1.54, 1.807) is 18.6 Å². The molecule has 42 heavy (non-hydrogen) atoms. The Labute approximate surface area is 246 Å². The predicted molar refractivity (Wildman–Crippen MR) is 169 cm³/mol. The Morgan fingerprint density at radius 2 is 1.74 bits per heavy atom. The molecule has 2 aromatic heterocycles. The summed E-state index contributed by atoms with van der Waals surface area (Å²) in [5.41, 5.74) is 15.8. The monoisotopic (exact) mass is 564 g/mol. The molecule has 7 nitrogen and oxygen atoms in total. The van der Waals surface area contributed by atoms with Gasteiger partial charge in [-0.25, -0.2) is 14.4 Å². The minimum Gasteiger partial charge on any atom is -0.379 e. The first-order valence-electron chi connectivity index (χ1n) is 13.9. The van der Waals surface area contributed by atoms with Crippen LogP contribution in [-0.2, 0) is 13.0 Å². The van der Waals surface area contributed by atoms with Crippen molar-refractivity contribution in [3.8, 4) is 22.5 Å². The van der Waals surface area contributed by atoms with Crippen molar-refractivity contribution in [2.75, 3.05) is 12.4 Å². The van der Waals surface area contributed by atoms with Gasteiger partial charge >= 0.3 is 0 Å². The van der Waals surface area contributed by atoms with Crippen LogP contribution in [0, 0.1) is 20.8 Å². The third kappa shape index (κ3) is 7.08. The van der Waals surface area contributed by atoms with E-state index >= 15 is 0 Å². The Morgan fingerprint density at radius 3 is 2.48 bits per heavy atom. The van der Waals surface area contributed by atoms with Crippen LogP contribution in [0.3, 0.4) is 0 Å². The van der Waals surface area contributed by atoms with E-state index in [0.29, 0.717) is 24.9 Å². The first-order chi connectivity index (χ1) is 20.4. The van der Waals surface area contributed by atoms with Gasteiger partial charge in [-0.3, -0.25) is 4.79 Å². The lowest BCUT2D eigenvalue weighted by Crippen LogP contribution is -2.02. The Balaban J connectivity index is 0.000000196. The number of imidazole rings is 2. The molecule has 0 saturated heterocycles. The second kappa shape index (κ2) is 14.2. The van der Waals surface area contributed by atoms with E-state index in [1.807, 2.05) is 31.2 Å². The molecule has 0 aliphatic heterocycles. The van der Waals surface area contributed by atoms with Gasteiger partial charge in [-0.15, -0.1) is 0 Å². The number of nitrogens with zero attached hydrogens (tertiary/aromatic N) is 2. The zero-order chi connectivity index (χ0) is 30.1. The highest BCUT2D eigenvalue weighted by molar-refractivity contribution is 5.85. The number of anilines is 1. The number of allylic oxidation sites excluding steroid dienone is 1. The van der Waals surface area contributed by atoms with Crippen LogP contribution in [0.25, 0.3) is 28.6 Å². The molecule has 0 saturated carbocycles. The molecule has 0 fully saturated rings. The molecule has 0 unspecified atom stereocenters. The maximum absolute atomic E-state index is 13.5. The highest BCUT2D eigenvalue weighted by Crippen LogP contribution is 2.36. The van der Waals surface area contributed by atoms with Gasteiger partial charge in [0.1, 0.15) is 11.7 Å². The van der Waals surface area contributed by atoms with Crippen LogP contribution in [-0.4, -0.2) is 33.3 Å². The van der Waals surface area contributed by atoms with Gasteiger partial charge in [0.2, 0.25) is 0 Å². The molecule has 8 heteroatoms. The minimum atomic E-state index is -0.0936. The summed E-state index contributed by atoms with van der Waals surface area (Å²) in [6.07, 6.45) is 6.91. The summed E-state index contributed by atoms with van der Waals surface area (Å²) in [5.74, 6) is 0.719. The number of halogens is 1. The highest BCUT2D eigenvalue weighted by atomic mass is 19.1. The lowest BCUT2D eigenvalue weighted by Gasteiger charge is -2.13. The fourth-order valence-electron chi connectivity index (χ4n) is 4.90. The van der Waals surface area contributed by atoms with Crippen molar-refractivity contribution < 1.29 is 9.18 Å².